The Bertz CT molecular complexity index is 3230. The average molecular weight is 1530 g/mol. The van der Waals surface area contributed by atoms with Gasteiger partial charge in [-0.15, -0.1) is 0 Å². The zero-order valence-electron chi connectivity index (χ0n) is 62.6. The van der Waals surface area contributed by atoms with Crippen molar-refractivity contribution in [3.8, 4) is 5.75 Å². The summed E-state index contributed by atoms with van der Waals surface area (Å²) in [7, 11) is -1.34. The minimum Gasteiger partial charge on any atom is -0.508 e. The van der Waals surface area contributed by atoms with Crippen LogP contribution in [0.25, 0.3) is 0 Å². The van der Waals surface area contributed by atoms with Crippen LogP contribution in [0.3, 0.4) is 0 Å². The highest BCUT2D eigenvalue weighted by atomic mass is 32.2. The van der Waals surface area contributed by atoms with Crippen LogP contribution < -0.4 is 48.3 Å². The van der Waals surface area contributed by atoms with Crippen molar-refractivity contribution in [3.63, 3.8) is 0 Å². The molecule has 33 heteroatoms. The second-order valence-electron chi connectivity index (χ2n) is 29.3. The number of ketones is 1. The van der Waals surface area contributed by atoms with Crippen LogP contribution in [0.15, 0.2) is 54.6 Å². The predicted octanol–water partition coefficient (Wildman–Crippen LogP) is -1.50. The molecular formula is C74H117N11O21S. The summed E-state index contributed by atoms with van der Waals surface area (Å²) in [4.78, 5) is 159. The summed E-state index contributed by atoms with van der Waals surface area (Å²) >= 11 is 0. The van der Waals surface area contributed by atoms with E-state index in [0.29, 0.717) is 36.7 Å². The van der Waals surface area contributed by atoms with Crippen LogP contribution in [0.1, 0.15) is 168 Å². The maximum atomic E-state index is 15.4. The van der Waals surface area contributed by atoms with E-state index in [1.54, 1.807) is 44.2 Å². The van der Waals surface area contributed by atoms with Gasteiger partial charge in [0.05, 0.1) is 49.1 Å². The maximum absolute atomic E-state index is 15.4. The van der Waals surface area contributed by atoms with Gasteiger partial charge >= 0.3 is 0 Å². The van der Waals surface area contributed by atoms with Crippen molar-refractivity contribution in [2.45, 2.75) is 254 Å². The fourth-order valence-corrected chi connectivity index (χ4v) is 14.2. The first kappa shape index (κ1) is 90.0. The smallest absolute Gasteiger partial charge is 0.248 e. The fourth-order valence-electron chi connectivity index (χ4n) is 13.7. The van der Waals surface area contributed by atoms with E-state index in [4.69, 9.17) is 10.5 Å². The number of carbonyl (C=O) groups is 11. The molecule has 2 aromatic carbocycles. The monoisotopic (exact) mass is 1530 g/mol. The van der Waals surface area contributed by atoms with Gasteiger partial charge in [0, 0.05) is 81.1 Å². The van der Waals surface area contributed by atoms with Gasteiger partial charge in [0.1, 0.15) is 60.3 Å². The Balaban J connectivity index is 1.54. The van der Waals surface area contributed by atoms with Gasteiger partial charge in [0.2, 0.25) is 59.6 Å². The summed E-state index contributed by atoms with van der Waals surface area (Å²) in [6.07, 6.45) is -8.90. The van der Waals surface area contributed by atoms with Crippen molar-refractivity contribution < 1.29 is 103 Å². The molecule has 0 radical (unpaired) electrons. The standard InChI is InChI=1S/C74H117N11O21S/c1-8-43(4)35-44(5)18-14-11-9-10-12-17-21-60(94)78-54-39-59(93)72(106-32-29-75)83-71(102)63-57(91)27-31-84(63)74(104)62(56(90)26-30-76-67(98)53(36-46-19-15-13-16-20-46)80-69(100)52(34-42(2)3)79-68(99)51(77-41-86)28-33-107(7)105)82-66(97)50(65(96)64(95)47-22-24-48(88)25-23-47)38-58(92)55-37-49(89)40-85(55)73(103)61(45(6)87)81-70(54)101/h13,15-16,19-20,22-25,41-45,49-57,59,61-65,72,87-91,93,95-96H,8-12,14,17-18,21,26-40,75H2,1-7H3,(H,76,98)(H,77,86)(H,78,94)(H,79,99)(H,80,100)(H,81,101)(H,82,97)(H,83,102)/t43-,44+,45+,49+,50-,51-,52-,53-,54-,55-,56+,57-,59+,61-,62-,63-,64-,65-,72+,107?/m0/s1. The molecule has 0 spiro atoms. The van der Waals surface area contributed by atoms with E-state index in [9.17, 15) is 88.2 Å². The van der Waals surface area contributed by atoms with E-state index < -0.39 is 218 Å². The lowest BCUT2D eigenvalue weighted by atomic mass is 9.86. The first-order valence-corrected chi connectivity index (χ1v) is 39.1. The number of hydrogen-bond donors (Lipinski definition) is 17. The largest absolute Gasteiger partial charge is 0.508 e. The highest BCUT2D eigenvalue weighted by Crippen LogP contribution is 2.31. The Labute approximate surface area is 628 Å². The van der Waals surface area contributed by atoms with Crippen molar-refractivity contribution in [3.05, 3.63) is 65.7 Å². The molecule has 600 valence electrons. The van der Waals surface area contributed by atoms with Gasteiger partial charge in [-0.3, -0.25) is 56.9 Å². The molecule has 18 N–H and O–H groups in total. The Morgan fingerprint density at radius 1 is 0.720 bits per heavy atom. The van der Waals surface area contributed by atoms with Gasteiger partial charge < -0.3 is 104 Å². The average Bonchev–Trinajstić information content (AvgIpc) is 1.73. The number of amides is 10. The topological polar surface area (TPSA) is 505 Å². The molecule has 0 aliphatic carbocycles. The van der Waals surface area contributed by atoms with Gasteiger partial charge in [0.15, 0.2) is 12.0 Å². The SMILES string of the molecule is CC[C@H](C)C[C@H](C)CCCCCCCCC(=O)N[C@H]1C[C@@H](O)[C@@H](OCCN)NC(=O)[C@@H]2[C@@H](O)CCN2C(=O)[C@H]([C@H](O)CCNC(=O)[C@H](Cc2ccccc2)NC(=O)[C@H](CC(C)C)NC(=O)[C@H](CCS(C)=O)NC=O)NC(=O)[C@H]([C@H](O)[C@@H](O)c2ccc(O)cc2)CC(=O)[C@@H]2C[C@@H](O)CN2C(=O)[C@H]([C@@H](C)O)NC1=O. The van der Waals surface area contributed by atoms with Gasteiger partial charge in [-0.1, -0.05) is 122 Å². The number of nitrogens with zero attached hydrogens (tertiary/aromatic N) is 2. The van der Waals surface area contributed by atoms with Gasteiger partial charge in [0.25, 0.3) is 0 Å². The van der Waals surface area contributed by atoms with Crippen molar-refractivity contribution in [2.24, 2.45) is 29.4 Å². The Kier molecular flexibility index (Phi) is 38.2. The van der Waals surface area contributed by atoms with E-state index in [-0.39, 0.29) is 68.2 Å². The lowest BCUT2D eigenvalue weighted by molar-refractivity contribution is -0.150. The van der Waals surface area contributed by atoms with E-state index in [1.165, 1.54) is 18.4 Å². The molecule has 3 aliphatic heterocycles. The Hall–Kier alpha value is -7.60. The number of hydrogen-bond acceptors (Lipinski definition) is 22. The lowest BCUT2D eigenvalue weighted by Gasteiger charge is -2.34. The molecule has 20 atom stereocenters. The van der Waals surface area contributed by atoms with Crippen LogP contribution >= 0.6 is 0 Å². The summed E-state index contributed by atoms with van der Waals surface area (Å²) in [6.45, 7) is 9.18. The van der Waals surface area contributed by atoms with E-state index in [0.717, 1.165) is 73.8 Å². The highest BCUT2D eigenvalue weighted by molar-refractivity contribution is 7.84. The summed E-state index contributed by atoms with van der Waals surface area (Å²) in [5.41, 5.74) is 6.27. The molecule has 32 nitrogen and oxygen atoms in total. The summed E-state index contributed by atoms with van der Waals surface area (Å²) in [6, 6.07) is -0.380. The number of Topliss-reactive ketones (excluding diaryl/α,β-unsaturated/α-hetero) is 1. The van der Waals surface area contributed by atoms with Crippen LogP contribution in [-0.4, -0.2) is 256 Å². The van der Waals surface area contributed by atoms with E-state index >= 15 is 9.59 Å². The third-order valence-electron chi connectivity index (χ3n) is 19.9. The molecule has 2 aromatic rings. The quantitative estimate of drug-likeness (QED) is 0.0269. The number of phenolic OH excluding ortho intramolecular Hbond substituents is 1. The third-order valence-corrected chi connectivity index (χ3v) is 20.7. The molecule has 3 saturated heterocycles. The molecule has 3 heterocycles. The number of aliphatic hydroxyl groups excluding tert-OH is 7. The number of rotatable bonds is 38. The molecular weight excluding hydrogens is 1410 g/mol. The number of carbonyl (C=O) groups excluding carboxylic acids is 11. The first-order chi connectivity index (χ1) is 50.8. The lowest BCUT2D eigenvalue weighted by Crippen LogP contribution is -2.62. The van der Waals surface area contributed by atoms with Crippen molar-refractivity contribution in [1.29, 1.82) is 0 Å². The normalized spacial score (nSPS) is 25.0. The van der Waals surface area contributed by atoms with Gasteiger partial charge in [-0.05, 0) is 86.5 Å². The molecule has 10 amide bonds. The molecule has 5 rings (SSSR count). The summed E-state index contributed by atoms with van der Waals surface area (Å²) < 4.78 is 17.8. The minimum absolute atomic E-state index is 0.0312. The Morgan fingerprint density at radius 2 is 1.36 bits per heavy atom. The first-order valence-electron chi connectivity index (χ1n) is 37.4. The number of benzene rings is 2. The maximum Gasteiger partial charge on any atom is 0.248 e. The predicted molar refractivity (Wildman–Crippen MR) is 393 cm³/mol. The number of unbranched alkanes of at least 4 members (excludes halogenated alkanes) is 5. The molecule has 107 heavy (non-hydrogen) atoms. The minimum atomic E-state index is -2.33. The van der Waals surface area contributed by atoms with Crippen molar-refractivity contribution in [2.75, 3.05) is 44.8 Å². The second-order valence-corrected chi connectivity index (χ2v) is 30.8. The fraction of sp³-hybridized carbons (Fsp3) is 0.689. The second kappa shape index (κ2) is 45.4. The van der Waals surface area contributed by atoms with Crippen LogP contribution in [0, 0.1) is 23.7 Å². The molecule has 0 bridgehead atoms. The number of fused-ring (bicyclic) bond motifs is 2. The number of nitrogens with one attached hydrogen (secondary N) is 8. The van der Waals surface area contributed by atoms with E-state index in [2.05, 4.69) is 63.3 Å². The molecule has 0 aromatic heterocycles. The highest BCUT2D eigenvalue weighted by Gasteiger charge is 2.49. The zero-order chi connectivity index (χ0) is 79.2. The Morgan fingerprint density at radius 3 is 1.99 bits per heavy atom. The molecule has 3 aliphatic rings. The van der Waals surface area contributed by atoms with Crippen molar-refractivity contribution >= 4 is 76.2 Å². The van der Waals surface area contributed by atoms with E-state index in [1.807, 2.05) is 0 Å². The third kappa shape index (κ3) is 28.7. The number of ether oxygens (including phenoxy) is 1. The van der Waals surface area contributed by atoms with Crippen molar-refractivity contribution in [1.82, 2.24) is 52.3 Å². The van der Waals surface area contributed by atoms with Crippen LogP contribution in [0.2, 0.25) is 0 Å². The van der Waals surface area contributed by atoms with Crippen LogP contribution in [0.5, 0.6) is 5.75 Å². The number of phenols is 1. The van der Waals surface area contributed by atoms with Gasteiger partial charge in [-0.2, -0.15) is 0 Å². The molecule has 3 fully saturated rings. The van der Waals surface area contributed by atoms with Crippen LogP contribution in [-0.2, 0) is 74.7 Å². The summed E-state index contributed by atoms with van der Waals surface area (Å²) in [5.74, 6) is -11.7. The van der Waals surface area contributed by atoms with Crippen LogP contribution in [0.4, 0.5) is 0 Å². The zero-order valence-corrected chi connectivity index (χ0v) is 63.4. The number of aromatic hydroxyl groups is 1. The summed E-state index contributed by atoms with van der Waals surface area (Å²) in [5, 5.41) is 113. The number of aliphatic hydroxyl groups is 7. The molecule has 0 saturated carbocycles. The molecule has 1 unspecified atom stereocenters. The number of nitrogens with two attached hydrogens (primary N) is 1. The van der Waals surface area contributed by atoms with Gasteiger partial charge in [-0.25, -0.2) is 0 Å².